The van der Waals surface area contributed by atoms with Crippen molar-refractivity contribution in [3.8, 4) is 5.69 Å². The van der Waals surface area contributed by atoms with Crippen LogP contribution in [-0.2, 0) is 9.53 Å². The fourth-order valence-electron chi connectivity index (χ4n) is 2.87. The molecule has 7 nitrogen and oxygen atoms in total. The standard InChI is InChI=1S/C17H19N3O4/c1-11-5-3-4-6-14(11)20-12(2)13(9-18-20)16(21)19-7-8-24-10-15(19)17(22)23/h3-6,9,15H,7-8,10H2,1-2H3,(H,22,23)/t15-/m1/s1. The first-order valence-corrected chi connectivity index (χ1v) is 7.73. The average molecular weight is 329 g/mol. The molecular formula is C17H19N3O4. The van der Waals surface area contributed by atoms with Gasteiger partial charge in [0.05, 0.1) is 36.4 Å². The molecule has 1 amide bonds. The van der Waals surface area contributed by atoms with E-state index in [-0.39, 0.29) is 19.1 Å². The number of carbonyl (C=O) groups excluding carboxylic acids is 1. The van der Waals surface area contributed by atoms with Crippen molar-refractivity contribution in [1.82, 2.24) is 14.7 Å². The first kappa shape index (κ1) is 16.2. The number of morpholine rings is 1. The third kappa shape index (κ3) is 2.78. The maximum Gasteiger partial charge on any atom is 0.328 e. The van der Waals surface area contributed by atoms with Crippen LogP contribution in [0, 0.1) is 13.8 Å². The van der Waals surface area contributed by atoms with Gasteiger partial charge in [-0.05, 0) is 25.5 Å². The summed E-state index contributed by atoms with van der Waals surface area (Å²) in [5.41, 5.74) is 3.03. The molecule has 1 aliphatic rings. The van der Waals surface area contributed by atoms with Crippen LogP contribution in [-0.4, -0.2) is 57.5 Å². The highest BCUT2D eigenvalue weighted by Crippen LogP contribution is 2.20. The van der Waals surface area contributed by atoms with E-state index < -0.39 is 12.0 Å². The summed E-state index contributed by atoms with van der Waals surface area (Å²) in [4.78, 5) is 25.5. The third-order valence-electron chi connectivity index (χ3n) is 4.26. The summed E-state index contributed by atoms with van der Waals surface area (Å²) in [6.07, 6.45) is 1.50. The highest BCUT2D eigenvalue weighted by molar-refractivity contribution is 5.97. The van der Waals surface area contributed by atoms with Crippen molar-refractivity contribution in [3.05, 3.63) is 47.3 Å². The minimum atomic E-state index is -1.06. The lowest BCUT2D eigenvalue weighted by atomic mass is 10.1. The molecule has 24 heavy (non-hydrogen) atoms. The van der Waals surface area contributed by atoms with Crippen LogP contribution in [0.15, 0.2) is 30.5 Å². The molecule has 2 heterocycles. The van der Waals surface area contributed by atoms with Gasteiger partial charge in [0.25, 0.3) is 5.91 Å². The minimum Gasteiger partial charge on any atom is -0.480 e. The second-order valence-corrected chi connectivity index (χ2v) is 5.77. The van der Waals surface area contributed by atoms with Crippen molar-refractivity contribution in [2.45, 2.75) is 19.9 Å². The molecule has 1 aliphatic heterocycles. The monoisotopic (exact) mass is 329 g/mol. The maximum absolute atomic E-state index is 12.8. The summed E-state index contributed by atoms with van der Waals surface area (Å²) in [6, 6.07) is 6.79. The first-order valence-electron chi connectivity index (χ1n) is 7.73. The first-order chi connectivity index (χ1) is 11.5. The Balaban J connectivity index is 1.94. The van der Waals surface area contributed by atoms with Gasteiger partial charge in [0, 0.05) is 6.54 Å². The van der Waals surface area contributed by atoms with E-state index in [9.17, 15) is 14.7 Å². The van der Waals surface area contributed by atoms with Crippen molar-refractivity contribution in [2.75, 3.05) is 19.8 Å². The minimum absolute atomic E-state index is 0.00600. The fraction of sp³-hybridized carbons (Fsp3) is 0.353. The van der Waals surface area contributed by atoms with Crippen LogP contribution < -0.4 is 0 Å². The number of carboxylic acid groups (broad SMARTS) is 1. The summed E-state index contributed by atoms with van der Waals surface area (Å²) in [6.45, 7) is 4.38. The Morgan fingerprint density at radius 3 is 2.75 bits per heavy atom. The molecule has 2 aromatic rings. The van der Waals surface area contributed by atoms with Crippen LogP contribution >= 0.6 is 0 Å². The predicted molar refractivity (Wildman–Crippen MR) is 86.3 cm³/mol. The molecule has 7 heteroatoms. The summed E-state index contributed by atoms with van der Waals surface area (Å²) < 4.78 is 6.89. The van der Waals surface area contributed by atoms with Crippen molar-refractivity contribution in [3.63, 3.8) is 0 Å². The van der Waals surface area contributed by atoms with Crippen molar-refractivity contribution in [1.29, 1.82) is 0 Å². The molecular weight excluding hydrogens is 310 g/mol. The largest absolute Gasteiger partial charge is 0.480 e. The van der Waals surface area contributed by atoms with Gasteiger partial charge in [0.15, 0.2) is 6.04 Å². The zero-order valence-electron chi connectivity index (χ0n) is 13.6. The van der Waals surface area contributed by atoms with Gasteiger partial charge in [-0.15, -0.1) is 0 Å². The van der Waals surface area contributed by atoms with E-state index in [0.717, 1.165) is 11.3 Å². The fourth-order valence-corrected chi connectivity index (χ4v) is 2.87. The molecule has 0 unspecified atom stereocenters. The molecule has 0 bridgehead atoms. The van der Waals surface area contributed by atoms with Crippen molar-refractivity contribution in [2.24, 2.45) is 0 Å². The van der Waals surface area contributed by atoms with E-state index in [1.54, 1.807) is 4.68 Å². The number of rotatable bonds is 3. The molecule has 1 saturated heterocycles. The molecule has 1 N–H and O–H groups in total. The van der Waals surface area contributed by atoms with E-state index in [0.29, 0.717) is 17.9 Å². The van der Waals surface area contributed by atoms with Crippen molar-refractivity contribution < 1.29 is 19.4 Å². The van der Waals surface area contributed by atoms with Crippen LogP contribution in [0.2, 0.25) is 0 Å². The Bertz CT molecular complexity index is 784. The van der Waals surface area contributed by atoms with Gasteiger partial charge in [0.1, 0.15) is 0 Å². The molecule has 1 fully saturated rings. The van der Waals surface area contributed by atoms with Gasteiger partial charge >= 0.3 is 5.97 Å². The van der Waals surface area contributed by atoms with Gasteiger partial charge in [-0.3, -0.25) is 4.79 Å². The van der Waals surface area contributed by atoms with Crippen LogP contribution in [0.25, 0.3) is 5.69 Å². The van der Waals surface area contributed by atoms with E-state index in [1.165, 1.54) is 11.1 Å². The number of hydrogen-bond donors (Lipinski definition) is 1. The van der Waals surface area contributed by atoms with Crippen LogP contribution in [0.1, 0.15) is 21.6 Å². The Hall–Kier alpha value is -2.67. The molecule has 0 radical (unpaired) electrons. The number of para-hydroxylation sites is 1. The molecule has 1 aromatic carbocycles. The highest BCUT2D eigenvalue weighted by Gasteiger charge is 2.34. The smallest absolute Gasteiger partial charge is 0.328 e. The van der Waals surface area contributed by atoms with E-state index in [4.69, 9.17) is 4.74 Å². The number of aliphatic carboxylic acids is 1. The number of aromatic nitrogens is 2. The number of aryl methyl sites for hydroxylation is 1. The third-order valence-corrected chi connectivity index (χ3v) is 4.26. The van der Waals surface area contributed by atoms with Gasteiger partial charge in [-0.1, -0.05) is 18.2 Å². The Labute approximate surface area is 139 Å². The van der Waals surface area contributed by atoms with E-state index >= 15 is 0 Å². The lowest BCUT2D eigenvalue weighted by Crippen LogP contribution is -2.52. The number of hydrogen-bond acceptors (Lipinski definition) is 4. The topological polar surface area (TPSA) is 84.7 Å². The van der Waals surface area contributed by atoms with Crippen LogP contribution in [0.5, 0.6) is 0 Å². The zero-order chi connectivity index (χ0) is 17.3. The SMILES string of the molecule is Cc1ccccc1-n1ncc(C(=O)N2CCOC[C@@H]2C(=O)O)c1C. The summed E-state index contributed by atoms with van der Waals surface area (Å²) >= 11 is 0. The number of carbonyl (C=O) groups is 2. The van der Waals surface area contributed by atoms with Gasteiger partial charge in [-0.2, -0.15) is 5.10 Å². The Morgan fingerprint density at radius 1 is 1.29 bits per heavy atom. The van der Waals surface area contributed by atoms with Crippen molar-refractivity contribution >= 4 is 11.9 Å². The summed E-state index contributed by atoms with van der Waals surface area (Å²) in [5, 5.41) is 13.6. The average Bonchev–Trinajstić information content (AvgIpc) is 2.96. The van der Waals surface area contributed by atoms with Crippen LogP contribution in [0.4, 0.5) is 0 Å². The predicted octanol–water partition coefficient (Wildman–Crippen LogP) is 1.41. The van der Waals surface area contributed by atoms with E-state index in [1.807, 2.05) is 38.1 Å². The second kappa shape index (κ2) is 6.45. The number of carboxylic acids is 1. The maximum atomic E-state index is 12.8. The highest BCUT2D eigenvalue weighted by atomic mass is 16.5. The molecule has 3 rings (SSSR count). The molecule has 0 saturated carbocycles. The van der Waals surface area contributed by atoms with E-state index in [2.05, 4.69) is 5.10 Å². The number of ether oxygens (including phenoxy) is 1. The van der Waals surface area contributed by atoms with Gasteiger partial charge in [-0.25, -0.2) is 9.48 Å². The second-order valence-electron chi connectivity index (χ2n) is 5.77. The molecule has 1 atom stereocenters. The summed E-state index contributed by atoms with van der Waals surface area (Å²) in [5.74, 6) is -1.39. The zero-order valence-corrected chi connectivity index (χ0v) is 13.6. The Morgan fingerprint density at radius 2 is 2.04 bits per heavy atom. The molecule has 1 aromatic heterocycles. The quantitative estimate of drug-likeness (QED) is 0.920. The van der Waals surface area contributed by atoms with Gasteiger partial charge in [0.2, 0.25) is 0 Å². The van der Waals surface area contributed by atoms with Gasteiger partial charge < -0.3 is 14.7 Å². The lowest BCUT2D eigenvalue weighted by Gasteiger charge is -2.32. The number of nitrogens with zero attached hydrogens (tertiary/aromatic N) is 3. The Kier molecular flexibility index (Phi) is 4.35. The number of benzene rings is 1. The summed E-state index contributed by atoms with van der Waals surface area (Å²) in [7, 11) is 0. The number of amides is 1. The lowest BCUT2D eigenvalue weighted by molar-refractivity contribution is -0.147. The van der Waals surface area contributed by atoms with Crippen LogP contribution in [0.3, 0.4) is 0 Å². The molecule has 0 aliphatic carbocycles. The normalized spacial score (nSPS) is 17.8. The molecule has 0 spiro atoms. The molecule has 126 valence electrons.